The van der Waals surface area contributed by atoms with Crippen LogP contribution in [0, 0.1) is 6.92 Å². The standard InChI is InChI=1S/C18H13ClF3N3O/c1-11-2-5-14(6-3-11)25-17-23-9-13(10-24-17)12-4-7-15(19)16(8-12)26-18(20,21)22/h2-10H,1H3,(H,23,24,25). The van der Waals surface area contributed by atoms with E-state index in [9.17, 15) is 13.2 Å². The van der Waals surface area contributed by atoms with E-state index in [-0.39, 0.29) is 5.02 Å². The lowest BCUT2D eigenvalue weighted by molar-refractivity contribution is -0.274. The summed E-state index contributed by atoms with van der Waals surface area (Å²) in [5.41, 5.74) is 2.95. The molecule has 0 fully saturated rings. The highest BCUT2D eigenvalue weighted by Gasteiger charge is 2.32. The zero-order chi connectivity index (χ0) is 18.7. The van der Waals surface area contributed by atoms with Crippen LogP contribution in [0.25, 0.3) is 11.1 Å². The van der Waals surface area contributed by atoms with Crippen molar-refractivity contribution in [3.63, 3.8) is 0 Å². The number of nitrogens with one attached hydrogen (secondary N) is 1. The van der Waals surface area contributed by atoms with Crippen molar-refractivity contribution in [1.29, 1.82) is 0 Å². The Morgan fingerprint density at radius 1 is 0.962 bits per heavy atom. The van der Waals surface area contributed by atoms with Crippen molar-refractivity contribution in [2.45, 2.75) is 13.3 Å². The van der Waals surface area contributed by atoms with Gasteiger partial charge in [-0.1, -0.05) is 35.4 Å². The number of hydrogen-bond donors (Lipinski definition) is 1. The molecule has 0 radical (unpaired) electrons. The molecule has 0 aliphatic carbocycles. The van der Waals surface area contributed by atoms with Crippen LogP contribution >= 0.6 is 11.6 Å². The van der Waals surface area contributed by atoms with Crippen LogP contribution in [0.3, 0.4) is 0 Å². The summed E-state index contributed by atoms with van der Waals surface area (Å²) in [6.45, 7) is 1.98. The van der Waals surface area contributed by atoms with Gasteiger partial charge in [-0.15, -0.1) is 13.2 Å². The fourth-order valence-corrected chi connectivity index (χ4v) is 2.35. The SMILES string of the molecule is Cc1ccc(Nc2ncc(-c3ccc(Cl)c(OC(F)(F)F)c3)cn2)cc1. The van der Waals surface area contributed by atoms with Crippen LogP contribution in [-0.2, 0) is 0 Å². The first kappa shape index (κ1) is 18.0. The van der Waals surface area contributed by atoms with E-state index in [1.165, 1.54) is 24.5 Å². The third-order valence-electron chi connectivity index (χ3n) is 3.45. The van der Waals surface area contributed by atoms with Crippen molar-refractivity contribution in [2.24, 2.45) is 0 Å². The first-order valence-electron chi connectivity index (χ1n) is 7.51. The fraction of sp³-hybridized carbons (Fsp3) is 0.111. The number of rotatable bonds is 4. The number of nitrogens with zero attached hydrogens (tertiary/aromatic N) is 2. The summed E-state index contributed by atoms with van der Waals surface area (Å²) in [5, 5.41) is 2.91. The molecule has 0 aliphatic rings. The summed E-state index contributed by atoms with van der Waals surface area (Å²) in [5.74, 6) is -0.100. The highest BCUT2D eigenvalue weighted by Crippen LogP contribution is 2.34. The molecule has 0 bridgehead atoms. The van der Waals surface area contributed by atoms with Crippen molar-refractivity contribution in [1.82, 2.24) is 9.97 Å². The number of anilines is 2. The van der Waals surface area contributed by atoms with Gasteiger partial charge in [0.2, 0.25) is 5.95 Å². The van der Waals surface area contributed by atoms with E-state index in [0.717, 1.165) is 11.3 Å². The van der Waals surface area contributed by atoms with E-state index < -0.39 is 12.1 Å². The number of ether oxygens (including phenoxy) is 1. The molecule has 3 rings (SSSR count). The Kier molecular flexibility index (Phi) is 4.99. The van der Waals surface area contributed by atoms with E-state index in [0.29, 0.717) is 17.1 Å². The van der Waals surface area contributed by atoms with Crippen molar-refractivity contribution in [3.05, 3.63) is 65.4 Å². The van der Waals surface area contributed by atoms with Gasteiger partial charge in [0.25, 0.3) is 0 Å². The lowest BCUT2D eigenvalue weighted by Crippen LogP contribution is -2.17. The predicted octanol–water partition coefficient (Wildman–Crippen LogP) is 5.75. The Morgan fingerprint density at radius 2 is 1.62 bits per heavy atom. The summed E-state index contributed by atoms with van der Waals surface area (Å²) in [6.07, 6.45) is -1.81. The van der Waals surface area contributed by atoms with E-state index in [1.54, 1.807) is 6.07 Å². The van der Waals surface area contributed by atoms with Crippen molar-refractivity contribution in [2.75, 3.05) is 5.32 Å². The Bertz CT molecular complexity index is 897. The molecule has 1 aromatic heterocycles. The smallest absolute Gasteiger partial charge is 0.404 e. The number of aryl methyl sites for hydroxylation is 1. The van der Waals surface area contributed by atoms with Crippen molar-refractivity contribution < 1.29 is 17.9 Å². The van der Waals surface area contributed by atoms with E-state index in [2.05, 4.69) is 20.0 Å². The molecule has 0 unspecified atom stereocenters. The molecule has 2 aromatic carbocycles. The quantitative estimate of drug-likeness (QED) is 0.627. The van der Waals surface area contributed by atoms with E-state index in [4.69, 9.17) is 11.6 Å². The molecule has 4 nitrogen and oxygen atoms in total. The van der Waals surface area contributed by atoms with Gasteiger partial charge < -0.3 is 10.1 Å². The molecule has 134 valence electrons. The average molecular weight is 380 g/mol. The average Bonchev–Trinajstić information content (AvgIpc) is 2.58. The lowest BCUT2D eigenvalue weighted by Gasteiger charge is -2.12. The second-order valence-corrected chi connectivity index (χ2v) is 5.89. The minimum Gasteiger partial charge on any atom is -0.404 e. The normalized spacial score (nSPS) is 11.3. The van der Waals surface area contributed by atoms with Crippen LogP contribution in [0.1, 0.15) is 5.56 Å². The Labute approximate surface area is 152 Å². The summed E-state index contributed by atoms with van der Waals surface area (Å²) < 4.78 is 41.2. The Hall–Kier alpha value is -2.80. The largest absolute Gasteiger partial charge is 0.573 e. The molecule has 1 heterocycles. The Morgan fingerprint density at radius 3 is 2.23 bits per heavy atom. The minimum atomic E-state index is -4.82. The fourth-order valence-electron chi connectivity index (χ4n) is 2.19. The van der Waals surface area contributed by atoms with Gasteiger partial charge in [0.1, 0.15) is 5.75 Å². The highest BCUT2D eigenvalue weighted by atomic mass is 35.5. The number of alkyl halides is 3. The molecule has 0 amide bonds. The molecule has 0 saturated carbocycles. The third kappa shape index (κ3) is 4.64. The van der Waals surface area contributed by atoms with Gasteiger partial charge in [-0.3, -0.25) is 0 Å². The summed E-state index contributed by atoms with van der Waals surface area (Å²) in [6, 6.07) is 11.8. The topological polar surface area (TPSA) is 47.0 Å². The van der Waals surface area contributed by atoms with Crippen LogP contribution in [0.5, 0.6) is 5.75 Å². The molecule has 3 aromatic rings. The van der Waals surface area contributed by atoms with Gasteiger partial charge in [-0.2, -0.15) is 0 Å². The van der Waals surface area contributed by atoms with Gasteiger partial charge in [0, 0.05) is 23.6 Å². The number of hydrogen-bond acceptors (Lipinski definition) is 4. The van der Waals surface area contributed by atoms with Crippen molar-refractivity contribution in [3.8, 4) is 16.9 Å². The van der Waals surface area contributed by atoms with Crippen molar-refractivity contribution >= 4 is 23.2 Å². The maximum Gasteiger partial charge on any atom is 0.573 e. The van der Waals surface area contributed by atoms with Gasteiger partial charge in [-0.05, 0) is 36.8 Å². The van der Waals surface area contributed by atoms with Crippen LogP contribution in [0.4, 0.5) is 24.8 Å². The zero-order valence-electron chi connectivity index (χ0n) is 13.5. The van der Waals surface area contributed by atoms with Crippen LogP contribution in [0.2, 0.25) is 5.02 Å². The molecule has 26 heavy (non-hydrogen) atoms. The maximum absolute atomic E-state index is 12.4. The third-order valence-corrected chi connectivity index (χ3v) is 3.76. The monoisotopic (exact) mass is 379 g/mol. The molecule has 0 aliphatic heterocycles. The summed E-state index contributed by atoms with van der Waals surface area (Å²) in [4.78, 5) is 8.36. The maximum atomic E-state index is 12.4. The second-order valence-electron chi connectivity index (χ2n) is 5.48. The van der Waals surface area contributed by atoms with Crippen LogP contribution in [-0.4, -0.2) is 16.3 Å². The van der Waals surface area contributed by atoms with Crippen LogP contribution < -0.4 is 10.1 Å². The van der Waals surface area contributed by atoms with E-state index >= 15 is 0 Å². The molecular formula is C18H13ClF3N3O. The summed E-state index contributed by atoms with van der Waals surface area (Å²) >= 11 is 5.75. The minimum absolute atomic E-state index is 0.135. The van der Waals surface area contributed by atoms with Gasteiger partial charge >= 0.3 is 6.36 Å². The zero-order valence-corrected chi connectivity index (χ0v) is 14.3. The highest BCUT2D eigenvalue weighted by molar-refractivity contribution is 6.32. The second kappa shape index (κ2) is 7.21. The lowest BCUT2D eigenvalue weighted by atomic mass is 10.1. The van der Waals surface area contributed by atoms with Gasteiger partial charge in [0.05, 0.1) is 5.02 Å². The predicted molar refractivity (Wildman–Crippen MR) is 93.6 cm³/mol. The molecule has 0 saturated heterocycles. The number of aromatic nitrogens is 2. The van der Waals surface area contributed by atoms with E-state index in [1.807, 2.05) is 31.2 Å². The number of halogens is 4. The molecule has 1 N–H and O–H groups in total. The summed E-state index contributed by atoms with van der Waals surface area (Å²) in [7, 11) is 0. The van der Waals surface area contributed by atoms with Gasteiger partial charge in [0.15, 0.2) is 0 Å². The Balaban J connectivity index is 1.80. The molecule has 0 atom stereocenters. The van der Waals surface area contributed by atoms with Crippen LogP contribution in [0.15, 0.2) is 54.9 Å². The number of benzene rings is 2. The molecular weight excluding hydrogens is 367 g/mol. The first-order valence-corrected chi connectivity index (χ1v) is 7.89. The molecule has 0 spiro atoms. The van der Waals surface area contributed by atoms with Gasteiger partial charge in [-0.25, -0.2) is 9.97 Å². The molecule has 8 heteroatoms. The first-order chi connectivity index (χ1) is 12.3.